The summed E-state index contributed by atoms with van der Waals surface area (Å²) in [5.41, 5.74) is 1.06. The first kappa shape index (κ1) is 17.3. The number of fused-ring (bicyclic) bond motifs is 1. The van der Waals surface area contributed by atoms with Crippen LogP contribution in [0.1, 0.15) is 19.6 Å². The molecule has 0 spiro atoms. The summed E-state index contributed by atoms with van der Waals surface area (Å²) in [7, 11) is 0. The van der Waals surface area contributed by atoms with Gasteiger partial charge in [-0.05, 0) is 25.5 Å². The van der Waals surface area contributed by atoms with Gasteiger partial charge in [0.1, 0.15) is 17.4 Å². The number of rotatable bonds is 3. The number of imide groups is 1. The summed E-state index contributed by atoms with van der Waals surface area (Å²) in [5, 5.41) is 12.8. The molecule has 3 aromatic heterocycles. The van der Waals surface area contributed by atoms with Gasteiger partial charge < -0.3 is 4.42 Å². The summed E-state index contributed by atoms with van der Waals surface area (Å²) in [6.07, 6.45) is 3.28. The third-order valence-electron chi connectivity index (χ3n) is 4.15. The fourth-order valence-electron chi connectivity index (χ4n) is 2.80. The van der Waals surface area contributed by atoms with Crippen LogP contribution in [0.15, 0.2) is 38.8 Å². The molecule has 4 heterocycles. The number of hydrogen-bond acceptors (Lipinski definition) is 8. The SMILES string of the molecule is CCN1C(=O)C(C#N)=C(C)/C(=C/c2cc3sc(-c4nccs4)nc3o2)C1=O. The van der Waals surface area contributed by atoms with E-state index in [-0.39, 0.29) is 17.7 Å². The number of hydrogen-bond donors (Lipinski definition) is 0. The van der Waals surface area contributed by atoms with Crippen molar-refractivity contribution in [2.24, 2.45) is 0 Å². The molecule has 7 nitrogen and oxygen atoms in total. The summed E-state index contributed by atoms with van der Waals surface area (Å²) in [4.78, 5) is 34.6. The van der Waals surface area contributed by atoms with Gasteiger partial charge in [-0.1, -0.05) is 0 Å². The molecule has 4 rings (SSSR count). The van der Waals surface area contributed by atoms with E-state index < -0.39 is 11.8 Å². The summed E-state index contributed by atoms with van der Waals surface area (Å²) in [6, 6.07) is 3.69. The fourth-order valence-corrected chi connectivity index (χ4v) is 4.42. The molecule has 0 radical (unpaired) electrons. The minimum atomic E-state index is -0.560. The molecular formula is C18H12N4O3S2. The maximum Gasteiger partial charge on any atom is 0.271 e. The zero-order valence-corrected chi connectivity index (χ0v) is 16.0. The minimum Gasteiger partial charge on any atom is -0.437 e. The maximum absolute atomic E-state index is 12.6. The van der Waals surface area contributed by atoms with Gasteiger partial charge in [0.15, 0.2) is 10.0 Å². The normalized spacial score (nSPS) is 16.6. The molecule has 0 bridgehead atoms. The van der Waals surface area contributed by atoms with Gasteiger partial charge in [0.05, 0.1) is 4.70 Å². The Balaban J connectivity index is 1.77. The van der Waals surface area contributed by atoms with Gasteiger partial charge in [0, 0.05) is 29.8 Å². The van der Waals surface area contributed by atoms with Crippen LogP contribution in [0.4, 0.5) is 0 Å². The van der Waals surface area contributed by atoms with Crippen LogP contribution in [0.3, 0.4) is 0 Å². The number of carbonyl (C=O) groups excluding carboxylic acids is 2. The first-order chi connectivity index (χ1) is 13.0. The van der Waals surface area contributed by atoms with Crippen molar-refractivity contribution in [2.45, 2.75) is 13.8 Å². The highest BCUT2D eigenvalue weighted by Crippen LogP contribution is 2.34. The van der Waals surface area contributed by atoms with Crippen molar-refractivity contribution in [1.82, 2.24) is 14.9 Å². The Kier molecular flexibility index (Phi) is 4.22. The van der Waals surface area contributed by atoms with E-state index in [2.05, 4.69) is 9.97 Å². The molecule has 9 heteroatoms. The number of amides is 2. The lowest BCUT2D eigenvalue weighted by molar-refractivity contribution is -0.140. The molecule has 0 atom stereocenters. The van der Waals surface area contributed by atoms with Crippen LogP contribution >= 0.6 is 22.7 Å². The average molecular weight is 396 g/mol. The van der Waals surface area contributed by atoms with Crippen molar-refractivity contribution in [3.05, 3.63) is 40.1 Å². The predicted octanol–water partition coefficient (Wildman–Crippen LogP) is 3.62. The van der Waals surface area contributed by atoms with E-state index in [1.165, 1.54) is 22.7 Å². The zero-order chi connectivity index (χ0) is 19.1. The smallest absolute Gasteiger partial charge is 0.271 e. The van der Waals surface area contributed by atoms with E-state index in [0.29, 0.717) is 17.0 Å². The van der Waals surface area contributed by atoms with Crippen LogP contribution in [-0.4, -0.2) is 33.2 Å². The van der Waals surface area contributed by atoms with Crippen molar-refractivity contribution < 1.29 is 14.0 Å². The van der Waals surface area contributed by atoms with Gasteiger partial charge in [-0.2, -0.15) is 10.2 Å². The summed E-state index contributed by atoms with van der Waals surface area (Å²) in [6.45, 7) is 3.48. The molecule has 0 fully saturated rings. The van der Waals surface area contributed by atoms with E-state index in [0.717, 1.165) is 19.6 Å². The number of aromatic nitrogens is 2. The first-order valence-corrected chi connectivity index (χ1v) is 9.72. The van der Waals surface area contributed by atoms with Crippen LogP contribution in [0, 0.1) is 11.3 Å². The Bertz CT molecular complexity index is 1140. The molecule has 134 valence electrons. The largest absolute Gasteiger partial charge is 0.437 e. The Hall–Kier alpha value is -3.09. The lowest BCUT2D eigenvalue weighted by atomic mass is 9.95. The molecule has 0 aromatic carbocycles. The van der Waals surface area contributed by atoms with Crippen LogP contribution in [-0.2, 0) is 9.59 Å². The van der Waals surface area contributed by atoms with Crippen LogP contribution < -0.4 is 0 Å². The molecule has 0 N–H and O–H groups in total. The molecule has 0 saturated carbocycles. The van der Waals surface area contributed by atoms with Crippen LogP contribution in [0.2, 0.25) is 0 Å². The molecule has 0 unspecified atom stereocenters. The van der Waals surface area contributed by atoms with Gasteiger partial charge in [-0.15, -0.1) is 22.7 Å². The van der Waals surface area contributed by atoms with Gasteiger partial charge in [0.25, 0.3) is 11.8 Å². The van der Waals surface area contributed by atoms with Gasteiger partial charge in [-0.3, -0.25) is 14.5 Å². The highest BCUT2D eigenvalue weighted by Gasteiger charge is 2.34. The lowest BCUT2D eigenvalue weighted by Gasteiger charge is -2.25. The van der Waals surface area contributed by atoms with Gasteiger partial charge in [0.2, 0.25) is 5.71 Å². The Morgan fingerprint density at radius 1 is 1.33 bits per heavy atom. The number of thiazole rings is 2. The third kappa shape index (κ3) is 2.79. The number of nitriles is 1. The highest BCUT2D eigenvalue weighted by molar-refractivity contribution is 7.24. The van der Waals surface area contributed by atoms with Crippen molar-refractivity contribution >= 4 is 51.0 Å². The van der Waals surface area contributed by atoms with E-state index in [4.69, 9.17) is 4.42 Å². The molecule has 1 aliphatic rings. The Labute approximate surface area is 161 Å². The number of nitrogens with zero attached hydrogens (tertiary/aromatic N) is 4. The topological polar surface area (TPSA) is 100 Å². The second-order valence-electron chi connectivity index (χ2n) is 5.70. The number of likely N-dealkylation sites (N-methyl/N-ethyl adjacent to an activating group) is 1. The number of carbonyl (C=O) groups is 2. The van der Waals surface area contributed by atoms with Crippen molar-refractivity contribution in [2.75, 3.05) is 6.54 Å². The minimum absolute atomic E-state index is 0.0275. The lowest BCUT2D eigenvalue weighted by Crippen LogP contribution is -2.42. The fraction of sp³-hybridized carbons (Fsp3) is 0.167. The monoisotopic (exact) mass is 396 g/mol. The molecule has 3 aromatic rings. The van der Waals surface area contributed by atoms with Gasteiger partial charge >= 0.3 is 0 Å². The Morgan fingerprint density at radius 2 is 2.15 bits per heavy atom. The second-order valence-corrected chi connectivity index (χ2v) is 7.62. The van der Waals surface area contributed by atoms with Crippen molar-refractivity contribution in [3.8, 4) is 16.1 Å². The second kappa shape index (κ2) is 6.57. The molecule has 1 aliphatic heterocycles. The predicted molar refractivity (Wildman–Crippen MR) is 102 cm³/mol. The molecule has 27 heavy (non-hydrogen) atoms. The molecule has 0 aliphatic carbocycles. The van der Waals surface area contributed by atoms with Crippen molar-refractivity contribution in [3.63, 3.8) is 0 Å². The van der Waals surface area contributed by atoms with Crippen molar-refractivity contribution in [1.29, 1.82) is 5.26 Å². The highest BCUT2D eigenvalue weighted by atomic mass is 32.1. The van der Waals surface area contributed by atoms with E-state index in [9.17, 15) is 14.9 Å². The summed E-state index contributed by atoms with van der Waals surface area (Å²) < 4.78 is 6.58. The maximum atomic E-state index is 12.6. The first-order valence-electron chi connectivity index (χ1n) is 8.03. The summed E-state index contributed by atoms with van der Waals surface area (Å²) >= 11 is 2.95. The van der Waals surface area contributed by atoms with Crippen LogP contribution in [0.5, 0.6) is 0 Å². The number of furan rings is 1. The Morgan fingerprint density at radius 3 is 2.78 bits per heavy atom. The van der Waals surface area contributed by atoms with Gasteiger partial charge in [-0.25, -0.2) is 4.98 Å². The zero-order valence-electron chi connectivity index (χ0n) is 14.3. The quantitative estimate of drug-likeness (QED) is 0.495. The van der Waals surface area contributed by atoms with E-state index in [1.54, 1.807) is 32.2 Å². The standard InChI is InChI=1S/C18H12N4O3S2/c1-3-22-17(23)11(9(2)12(8-19)18(22)24)6-10-7-13-14(25-10)21-16(27-13)15-20-4-5-26-15/h4-7H,3H2,1-2H3/b11-6-. The van der Waals surface area contributed by atoms with E-state index >= 15 is 0 Å². The third-order valence-corrected chi connectivity index (χ3v) is 6.05. The van der Waals surface area contributed by atoms with Crippen LogP contribution in [0.25, 0.3) is 26.5 Å². The molecular weight excluding hydrogens is 384 g/mol. The average Bonchev–Trinajstić information content (AvgIpc) is 3.35. The molecule has 2 amide bonds. The molecule has 0 saturated heterocycles. The van der Waals surface area contributed by atoms with E-state index in [1.807, 2.05) is 11.4 Å². The summed E-state index contributed by atoms with van der Waals surface area (Å²) in [5.74, 6) is -0.551.